The zero-order chi connectivity index (χ0) is 17.1. The molecular weight excluding hydrogens is 302 g/mol. The molecule has 1 unspecified atom stereocenters. The number of aromatic nitrogens is 1. The zero-order valence-electron chi connectivity index (χ0n) is 15.1. The van der Waals surface area contributed by atoms with Gasteiger partial charge in [-0.1, -0.05) is 6.07 Å². The van der Waals surface area contributed by atoms with Crippen LogP contribution in [0, 0.1) is 12.8 Å². The van der Waals surface area contributed by atoms with E-state index >= 15 is 0 Å². The van der Waals surface area contributed by atoms with Gasteiger partial charge >= 0.3 is 0 Å². The van der Waals surface area contributed by atoms with Crippen LogP contribution in [-0.4, -0.2) is 59.0 Å². The summed E-state index contributed by atoms with van der Waals surface area (Å²) in [5.41, 5.74) is 1.08. The number of amides is 1. The maximum absolute atomic E-state index is 12.5. The number of aryl methyl sites for hydroxylation is 1. The largest absolute Gasteiger partial charge is 0.477 e. The summed E-state index contributed by atoms with van der Waals surface area (Å²) >= 11 is 0. The van der Waals surface area contributed by atoms with Crippen molar-refractivity contribution in [1.82, 2.24) is 14.8 Å². The Labute approximate surface area is 145 Å². The molecule has 2 fully saturated rings. The van der Waals surface area contributed by atoms with Crippen LogP contribution in [0.4, 0.5) is 0 Å². The van der Waals surface area contributed by atoms with Gasteiger partial charge < -0.3 is 9.64 Å². The molecule has 3 heterocycles. The van der Waals surface area contributed by atoms with Gasteiger partial charge in [0.05, 0.1) is 12.6 Å². The van der Waals surface area contributed by atoms with Crippen LogP contribution in [0.5, 0.6) is 5.88 Å². The standard InChI is InChI=1S/C19H29N3O2/c1-14(2)22-12-8-17(19(22)23)21-10-6-16(7-11-21)13-24-18-15(3)5-4-9-20-18/h4-5,9,14,16-17H,6-8,10-13H2,1-3H3. The number of hydrogen-bond acceptors (Lipinski definition) is 4. The van der Waals surface area contributed by atoms with Crippen LogP contribution in [0.2, 0.25) is 0 Å². The first-order valence-electron chi connectivity index (χ1n) is 9.15. The first-order chi connectivity index (χ1) is 11.6. The number of nitrogens with zero attached hydrogens (tertiary/aromatic N) is 3. The Morgan fingerprint density at radius 3 is 2.62 bits per heavy atom. The van der Waals surface area contributed by atoms with Crippen LogP contribution in [0.3, 0.4) is 0 Å². The molecule has 1 atom stereocenters. The average molecular weight is 331 g/mol. The van der Waals surface area contributed by atoms with Crippen molar-refractivity contribution in [2.75, 3.05) is 26.2 Å². The Bertz CT molecular complexity index is 567. The van der Waals surface area contributed by atoms with Gasteiger partial charge in [0.1, 0.15) is 0 Å². The minimum Gasteiger partial charge on any atom is -0.477 e. The highest BCUT2D eigenvalue weighted by Crippen LogP contribution is 2.26. The van der Waals surface area contributed by atoms with E-state index in [1.54, 1.807) is 6.20 Å². The summed E-state index contributed by atoms with van der Waals surface area (Å²) in [4.78, 5) is 21.2. The molecule has 1 aromatic rings. The lowest BCUT2D eigenvalue weighted by molar-refractivity contribution is -0.134. The minimum atomic E-state index is 0.104. The highest BCUT2D eigenvalue weighted by Gasteiger charge is 2.38. The molecule has 0 radical (unpaired) electrons. The molecule has 0 N–H and O–H groups in total. The topological polar surface area (TPSA) is 45.7 Å². The molecular formula is C19H29N3O2. The summed E-state index contributed by atoms with van der Waals surface area (Å²) < 4.78 is 5.90. The predicted molar refractivity (Wildman–Crippen MR) is 94.0 cm³/mol. The molecule has 24 heavy (non-hydrogen) atoms. The Balaban J connectivity index is 1.46. The van der Waals surface area contributed by atoms with Gasteiger partial charge in [-0.2, -0.15) is 0 Å². The third kappa shape index (κ3) is 3.72. The lowest BCUT2D eigenvalue weighted by Gasteiger charge is -2.35. The fourth-order valence-electron chi connectivity index (χ4n) is 3.79. The second-order valence-electron chi connectivity index (χ2n) is 7.35. The minimum absolute atomic E-state index is 0.104. The molecule has 0 spiro atoms. The van der Waals surface area contributed by atoms with E-state index in [0.717, 1.165) is 56.9 Å². The van der Waals surface area contributed by atoms with Crippen molar-refractivity contribution in [2.45, 2.75) is 52.1 Å². The van der Waals surface area contributed by atoms with E-state index < -0.39 is 0 Å². The molecule has 132 valence electrons. The first-order valence-corrected chi connectivity index (χ1v) is 9.15. The normalized spacial score (nSPS) is 23.2. The molecule has 0 saturated carbocycles. The van der Waals surface area contributed by atoms with Crippen molar-refractivity contribution < 1.29 is 9.53 Å². The summed E-state index contributed by atoms with van der Waals surface area (Å²) in [5.74, 6) is 1.63. The molecule has 0 bridgehead atoms. The Hall–Kier alpha value is -1.62. The SMILES string of the molecule is Cc1cccnc1OCC1CCN(C2CCN(C(C)C)C2=O)CC1. The van der Waals surface area contributed by atoms with Gasteiger partial charge in [0.2, 0.25) is 11.8 Å². The van der Waals surface area contributed by atoms with E-state index in [-0.39, 0.29) is 6.04 Å². The average Bonchev–Trinajstić information content (AvgIpc) is 2.96. The molecule has 2 aliphatic rings. The number of likely N-dealkylation sites (tertiary alicyclic amines) is 2. The molecule has 3 rings (SSSR count). The highest BCUT2D eigenvalue weighted by molar-refractivity contribution is 5.84. The van der Waals surface area contributed by atoms with Crippen LogP contribution < -0.4 is 4.74 Å². The Kier molecular flexibility index (Phi) is 5.39. The van der Waals surface area contributed by atoms with Crippen molar-refractivity contribution >= 4 is 5.91 Å². The van der Waals surface area contributed by atoms with Crippen LogP contribution in [0.25, 0.3) is 0 Å². The summed E-state index contributed by atoms with van der Waals surface area (Å²) in [6.45, 7) is 9.85. The van der Waals surface area contributed by atoms with E-state index in [0.29, 0.717) is 17.9 Å². The van der Waals surface area contributed by atoms with E-state index in [9.17, 15) is 4.79 Å². The van der Waals surface area contributed by atoms with E-state index in [1.807, 2.05) is 24.0 Å². The van der Waals surface area contributed by atoms with Gasteiger partial charge in [-0.3, -0.25) is 9.69 Å². The summed E-state index contributed by atoms with van der Waals surface area (Å²) in [6.07, 6.45) is 4.94. The maximum atomic E-state index is 12.5. The maximum Gasteiger partial charge on any atom is 0.240 e. The van der Waals surface area contributed by atoms with Crippen LogP contribution in [0.15, 0.2) is 18.3 Å². The second-order valence-corrected chi connectivity index (χ2v) is 7.35. The third-order valence-electron chi connectivity index (χ3n) is 5.34. The number of ether oxygens (including phenoxy) is 1. The molecule has 2 saturated heterocycles. The zero-order valence-corrected chi connectivity index (χ0v) is 15.1. The number of piperidine rings is 1. The van der Waals surface area contributed by atoms with Gasteiger partial charge in [0.15, 0.2) is 0 Å². The summed E-state index contributed by atoms with van der Waals surface area (Å²) in [5, 5.41) is 0. The molecule has 0 aliphatic carbocycles. The van der Waals surface area contributed by atoms with Crippen LogP contribution in [0.1, 0.15) is 38.7 Å². The van der Waals surface area contributed by atoms with E-state index in [2.05, 4.69) is 23.7 Å². The highest BCUT2D eigenvalue weighted by atomic mass is 16.5. The molecule has 5 heteroatoms. The molecule has 1 amide bonds. The van der Waals surface area contributed by atoms with Gasteiger partial charge in [-0.25, -0.2) is 4.98 Å². The van der Waals surface area contributed by atoms with E-state index in [4.69, 9.17) is 4.74 Å². The molecule has 5 nitrogen and oxygen atoms in total. The lowest BCUT2D eigenvalue weighted by Crippen LogP contribution is -2.47. The fourth-order valence-corrected chi connectivity index (χ4v) is 3.79. The van der Waals surface area contributed by atoms with Gasteiger partial charge in [-0.05, 0) is 65.1 Å². The quantitative estimate of drug-likeness (QED) is 0.832. The number of carbonyl (C=O) groups excluding carboxylic acids is 1. The number of rotatable bonds is 5. The number of hydrogen-bond donors (Lipinski definition) is 0. The second kappa shape index (κ2) is 7.51. The van der Waals surface area contributed by atoms with Crippen molar-refractivity contribution in [2.24, 2.45) is 5.92 Å². The predicted octanol–water partition coefficient (Wildman–Crippen LogP) is 2.49. The van der Waals surface area contributed by atoms with Crippen molar-refractivity contribution in [3.63, 3.8) is 0 Å². The van der Waals surface area contributed by atoms with Crippen molar-refractivity contribution in [1.29, 1.82) is 0 Å². The van der Waals surface area contributed by atoms with Gasteiger partial charge in [-0.15, -0.1) is 0 Å². The lowest BCUT2D eigenvalue weighted by atomic mass is 9.96. The summed E-state index contributed by atoms with van der Waals surface area (Å²) in [7, 11) is 0. The van der Waals surface area contributed by atoms with Crippen molar-refractivity contribution in [3.8, 4) is 5.88 Å². The summed E-state index contributed by atoms with van der Waals surface area (Å²) in [6, 6.07) is 4.37. The Morgan fingerprint density at radius 2 is 2.00 bits per heavy atom. The molecule has 1 aromatic heterocycles. The van der Waals surface area contributed by atoms with Crippen molar-refractivity contribution in [3.05, 3.63) is 23.9 Å². The smallest absolute Gasteiger partial charge is 0.240 e. The van der Waals surface area contributed by atoms with Crippen LogP contribution in [-0.2, 0) is 4.79 Å². The number of pyridine rings is 1. The van der Waals surface area contributed by atoms with Crippen LogP contribution >= 0.6 is 0 Å². The third-order valence-corrected chi connectivity index (χ3v) is 5.34. The van der Waals surface area contributed by atoms with Gasteiger partial charge in [0.25, 0.3) is 0 Å². The Morgan fingerprint density at radius 1 is 1.25 bits per heavy atom. The fraction of sp³-hybridized carbons (Fsp3) is 0.684. The van der Waals surface area contributed by atoms with Gasteiger partial charge in [0, 0.05) is 24.3 Å². The van der Waals surface area contributed by atoms with E-state index in [1.165, 1.54) is 0 Å². The molecule has 0 aromatic carbocycles. The molecule has 2 aliphatic heterocycles. The number of carbonyl (C=O) groups is 1. The monoisotopic (exact) mass is 331 g/mol. The first kappa shape index (κ1) is 17.2.